The molecule has 0 saturated carbocycles. The minimum absolute atomic E-state index is 0.287. The first kappa shape index (κ1) is 15.3. The van der Waals surface area contributed by atoms with Gasteiger partial charge >= 0.3 is 0 Å². The largest absolute Gasteiger partial charge is 0.493 e. The SMILES string of the molecule is CNCc1ccc(OCCCOc2ccccc2)c(F)c1. The first-order valence-electron chi connectivity index (χ1n) is 7.03. The molecule has 2 aromatic rings. The molecule has 0 bridgehead atoms. The summed E-state index contributed by atoms with van der Waals surface area (Å²) in [6.45, 7) is 1.61. The highest BCUT2D eigenvalue weighted by Gasteiger charge is 2.04. The Morgan fingerprint density at radius 2 is 1.76 bits per heavy atom. The van der Waals surface area contributed by atoms with Crippen LogP contribution in [0.5, 0.6) is 11.5 Å². The Morgan fingerprint density at radius 1 is 1.00 bits per heavy atom. The Bertz CT molecular complexity index is 546. The van der Waals surface area contributed by atoms with Crippen molar-refractivity contribution in [3.05, 3.63) is 59.9 Å². The monoisotopic (exact) mass is 289 g/mol. The van der Waals surface area contributed by atoms with Crippen LogP contribution in [-0.2, 0) is 6.54 Å². The van der Waals surface area contributed by atoms with E-state index >= 15 is 0 Å². The van der Waals surface area contributed by atoms with Crippen LogP contribution in [0.15, 0.2) is 48.5 Å². The van der Waals surface area contributed by atoms with E-state index in [1.54, 1.807) is 6.07 Å². The average Bonchev–Trinajstić information content (AvgIpc) is 2.50. The Kier molecular flexibility index (Phi) is 6.03. The van der Waals surface area contributed by atoms with Gasteiger partial charge in [0, 0.05) is 13.0 Å². The van der Waals surface area contributed by atoms with Crippen molar-refractivity contribution in [2.24, 2.45) is 0 Å². The van der Waals surface area contributed by atoms with Crippen LogP contribution in [0, 0.1) is 5.82 Å². The molecule has 0 unspecified atom stereocenters. The van der Waals surface area contributed by atoms with Gasteiger partial charge in [-0.1, -0.05) is 24.3 Å². The molecule has 2 rings (SSSR count). The predicted molar refractivity (Wildman–Crippen MR) is 81.2 cm³/mol. The van der Waals surface area contributed by atoms with E-state index in [0.717, 1.165) is 11.3 Å². The first-order valence-corrected chi connectivity index (χ1v) is 7.03. The topological polar surface area (TPSA) is 30.5 Å². The van der Waals surface area contributed by atoms with E-state index in [2.05, 4.69) is 5.32 Å². The van der Waals surface area contributed by atoms with E-state index in [1.807, 2.05) is 43.4 Å². The molecule has 0 saturated heterocycles. The maximum atomic E-state index is 13.8. The van der Waals surface area contributed by atoms with Gasteiger partial charge in [-0.25, -0.2) is 4.39 Å². The van der Waals surface area contributed by atoms with Crippen LogP contribution in [0.2, 0.25) is 0 Å². The zero-order valence-electron chi connectivity index (χ0n) is 12.1. The molecular formula is C17H20FNO2. The Hall–Kier alpha value is -2.07. The minimum Gasteiger partial charge on any atom is -0.493 e. The van der Waals surface area contributed by atoms with Crippen LogP contribution in [0.1, 0.15) is 12.0 Å². The zero-order chi connectivity index (χ0) is 14.9. The fourth-order valence-corrected chi connectivity index (χ4v) is 1.92. The summed E-state index contributed by atoms with van der Waals surface area (Å²) in [5.41, 5.74) is 0.898. The molecule has 0 aliphatic carbocycles. The molecule has 0 radical (unpaired) electrons. The third-order valence-corrected chi connectivity index (χ3v) is 2.94. The fraction of sp³-hybridized carbons (Fsp3) is 0.294. The molecule has 0 fully saturated rings. The van der Waals surface area contributed by atoms with E-state index in [9.17, 15) is 4.39 Å². The number of nitrogens with one attached hydrogen (secondary N) is 1. The highest BCUT2D eigenvalue weighted by molar-refractivity contribution is 5.29. The fourth-order valence-electron chi connectivity index (χ4n) is 1.92. The van der Waals surface area contributed by atoms with Gasteiger partial charge in [0.05, 0.1) is 13.2 Å². The van der Waals surface area contributed by atoms with Crippen molar-refractivity contribution in [2.75, 3.05) is 20.3 Å². The average molecular weight is 289 g/mol. The second kappa shape index (κ2) is 8.27. The molecule has 0 amide bonds. The van der Waals surface area contributed by atoms with Gasteiger partial charge in [0.25, 0.3) is 0 Å². The van der Waals surface area contributed by atoms with Gasteiger partial charge in [0.2, 0.25) is 0 Å². The normalized spacial score (nSPS) is 10.4. The van der Waals surface area contributed by atoms with Crippen molar-refractivity contribution in [1.29, 1.82) is 0 Å². The number of hydrogen-bond donors (Lipinski definition) is 1. The van der Waals surface area contributed by atoms with Crippen LogP contribution >= 0.6 is 0 Å². The number of hydrogen-bond acceptors (Lipinski definition) is 3. The van der Waals surface area contributed by atoms with Crippen molar-refractivity contribution >= 4 is 0 Å². The summed E-state index contributed by atoms with van der Waals surface area (Å²) in [6, 6.07) is 14.6. The molecule has 0 atom stereocenters. The smallest absolute Gasteiger partial charge is 0.165 e. The molecule has 0 spiro atoms. The lowest BCUT2D eigenvalue weighted by atomic mass is 10.2. The number of ether oxygens (including phenoxy) is 2. The molecule has 2 aromatic carbocycles. The van der Waals surface area contributed by atoms with Crippen molar-refractivity contribution < 1.29 is 13.9 Å². The summed E-state index contributed by atoms with van der Waals surface area (Å²) in [7, 11) is 1.83. The number of para-hydroxylation sites is 1. The third-order valence-electron chi connectivity index (χ3n) is 2.94. The maximum Gasteiger partial charge on any atom is 0.165 e. The van der Waals surface area contributed by atoms with Gasteiger partial charge in [-0.05, 0) is 36.9 Å². The molecule has 0 aliphatic rings. The second-order valence-corrected chi connectivity index (χ2v) is 4.66. The molecule has 0 heterocycles. The Labute approximate surface area is 124 Å². The van der Waals surface area contributed by atoms with E-state index in [4.69, 9.17) is 9.47 Å². The molecular weight excluding hydrogens is 269 g/mol. The lowest BCUT2D eigenvalue weighted by molar-refractivity contribution is 0.241. The Balaban J connectivity index is 1.71. The highest BCUT2D eigenvalue weighted by atomic mass is 19.1. The lowest BCUT2D eigenvalue weighted by Gasteiger charge is -2.09. The van der Waals surface area contributed by atoms with Crippen molar-refractivity contribution in [1.82, 2.24) is 5.32 Å². The van der Waals surface area contributed by atoms with E-state index in [0.29, 0.717) is 26.2 Å². The molecule has 0 aromatic heterocycles. The molecule has 112 valence electrons. The summed E-state index contributed by atoms with van der Waals surface area (Å²) in [4.78, 5) is 0. The van der Waals surface area contributed by atoms with Gasteiger partial charge in [0.15, 0.2) is 11.6 Å². The van der Waals surface area contributed by atoms with Crippen LogP contribution in [-0.4, -0.2) is 20.3 Å². The molecule has 4 heteroatoms. The van der Waals surface area contributed by atoms with Crippen molar-refractivity contribution in [2.45, 2.75) is 13.0 Å². The molecule has 3 nitrogen and oxygen atoms in total. The van der Waals surface area contributed by atoms with Crippen LogP contribution in [0.4, 0.5) is 4.39 Å². The van der Waals surface area contributed by atoms with Gasteiger partial charge in [-0.15, -0.1) is 0 Å². The maximum absolute atomic E-state index is 13.8. The van der Waals surface area contributed by atoms with E-state index < -0.39 is 0 Å². The summed E-state index contributed by atoms with van der Waals surface area (Å²) < 4.78 is 24.7. The summed E-state index contributed by atoms with van der Waals surface area (Å²) in [5.74, 6) is 0.793. The molecule has 21 heavy (non-hydrogen) atoms. The summed E-state index contributed by atoms with van der Waals surface area (Å²) in [5, 5.41) is 2.98. The molecule has 1 N–H and O–H groups in total. The Morgan fingerprint density at radius 3 is 2.48 bits per heavy atom. The highest BCUT2D eigenvalue weighted by Crippen LogP contribution is 2.18. The standard InChI is InChI=1S/C17H20FNO2/c1-19-13-14-8-9-17(16(18)12-14)21-11-5-10-20-15-6-3-2-4-7-15/h2-4,6-9,12,19H,5,10-11,13H2,1H3. The lowest BCUT2D eigenvalue weighted by Crippen LogP contribution is -2.07. The van der Waals surface area contributed by atoms with Crippen molar-refractivity contribution in [3.8, 4) is 11.5 Å². The first-order chi connectivity index (χ1) is 10.3. The summed E-state index contributed by atoms with van der Waals surface area (Å²) in [6.07, 6.45) is 0.701. The summed E-state index contributed by atoms with van der Waals surface area (Å²) >= 11 is 0. The van der Waals surface area contributed by atoms with Gasteiger partial charge in [-0.2, -0.15) is 0 Å². The second-order valence-electron chi connectivity index (χ2n) is 4.66. The van der Waals surface area contributed by atoms with E-state index in [-0.39, 0.29) is 11.6 Å². The van der Waals surface area contributed by atoms with E-state index in [1.165, 1.54) is 6.07 Å². The van der Waals surface area contributed by atoms with Gasteiger partial charge in [-0.3, -0.25) is 0 Å². The van der Waals surface area contributed by atoms with Crippen LogP contribution in [0.3, 0.4) is 0 Å². The number of benzene rings is 2. The number of rotatable bonds is 8. The molecule has 0 aliphatic heterocycles. The minimum atomic E-state index is -0.327. The van der Waals surface area contributed by atoms with Crippen molar-refractivity contribution in [3.63, 3.8) is 0 Å². The van der Waals surface area contributed by atoms with Gasteiger partial charge in [0.1, 0.15) is 5.75 Å². The quantitative estimate of drug-likeness (QED) is 0.756. The zero-order valence-corrected chi connectivity index (χ0v) is 12.1. The number of halogens is 1. The van der Waals surface area contributed by atoms with Crippen LogP contribution in [0.25, 0.3) is 0 Å². The predicted octanol–water partition coefficient (Wildman–Crippen LogP) is 3.39. The van der Waals surface area contributed by atoms with Crippen LogP contribution < -0.4 is 14.8 Å². The van der Waals surface area contributed by atoms with Gasteiger partial charge < -0.3 is 14.8 Å². The third kappa shape index (κ3) is 5.08.